The molecule has 0 saturated heterocycles. The van der Waals surface area contributed by atoms with E-state index < -0.39 is 29.2 Å². The fraction of sp³-hybridized carbons (Fsp3) is 0.276. The van der Waals surface area contributed by atoms with Gasteiger partial charge in [0.15, 0.2) is 17.7 Å². The molecular formula is C29H31N5O10. The summed E-state index contributed by atoms with van der Waals surface area (Å²) in [6, 6.07) is 11.0. The molecule has 0 radical (unpaired) electrons. The second kappa shape index (κ2) is 14.1. The topological polar surface area (TPSA) is 196 Å². The number of hydrogen-bond donors (Lipinski definition) is 4. The van der Waals surface area contributed by atoms with E-state index in [0.717, 1.165) is 0 Å². The minimum Gasteiger partial charge on any atom is -0.496 e. The molecule has 0 aliphatic carbocycles. The number of allylic oxidation sites excluding steroid dienone is 1. The zero-order valence-electron chi connectivity index (χ0n) is 24.3. The van der Waals surface area contributed by atoms with Crippen LogP contribution in [-0.4, -0.2) is 61.9 Å². The molecule has 2 aromatic carbocycles. The van der Waals surface area contributed by atoms with Gasteiger partial charge in [-0.15, -0.1) is 0 Å². The maximum atomic E-state index is 12.4. The number of nitrogens with one attached hydrogen (secondary N) is 3. The SMILES string of the molecule is CCOc1cc([C@@H]2NC(=O)NC(C)=C2C(=O)OC)ccc1OC[C@@H](O)N/N=C/c1ccc(-c2cc([N+](=O)[O-])ccc2OC)o1. The van der Waals surface area contributed by atoms with E-state index in [2.05, 4.69) is 21.2 Å². The molecule has 0 bridgehead atoms. The molecule has 15 nitrogen and oxygen atoms in total. The van der Waals surface area contributed by atoms with Crippen molar-refractivity contribution in [3.63, 3.8) is 0 Å². The van der Waals surface area contributed by atoms with Crippen LogP contribution in [0.15, 0.2) is 69.3 Å². The van der Waals surface area contributed by atoms with Crippen LogP contribution in [0.5, 0.6) is 17.2 Å². The van der Waals surface area contributed by atoms with Crippen LogP contribution in [0, 0.1) is 10.1 Å². The maximum absolute atomic E-state index is 12.4. The first kappa shape index (κ1) is 31.4. The van der Waals surface area contributed by atoms with E-state index in [1.54, 1.807) is 44.2 Å². The number of esters is 1. The number of nitro benzene ring substituents is 1. The fourth-order valence-corrected chi connectivity index (χ4v) is 4.38. The lowest BCUT2D eigenvalue weighted by Gasteiger charge is -2.28. The monoisotopic (exact) mass is 609 g/mol. The number of benzene rings is 2. The molecule has 2 amide bonds. The van der Waals surface area contributed by atoms with Crippen molar-refractivity contribution >= 4 is 23.9 Å². The fourth-order valence-electron chi connectivity index (χ4n) is 4.38. The molecule has 4 rings (SSSR count). The Morgan fingerprint density at radius 1 is 1.16 bits per heavy atom. The Labute approximate surface area is 251 Å². The zero-order valence-corrected chi connectivity index (χ0v) is 24.3. The minimum atomic E-state index is -1.23. The lowest BCUT2D eigenvalue weighted by molar-refractivity contribution is -0.384. The summed E-state index contributed by atoms with van der Waals surface area (Å²) < 4.78 is 27.4. The number of ether oxygens (including phenoxy) is 4. The number of carbonyl (C=O) groups excluding carboxylic acids is 2. The van der Waals surface area contributed by atoms with E-state index in [1.165, 1.54) is 38.6 Å². The summed E-state index contributed by atoms with van der Waals surface area (Å²) in [4.78, 5) is 35.2. The van der Waals surface area contributed by atoms with Gasteiger partial charge < -0.3 is 39.1 Å². The molecule has 2 heterocycles. The van der Waals surface area contributed by atoms with Gasteiger partial charge in [-0.3, -0.25) is 15.5 Å². The molecular weight excluding hydrogens is 578 g/mol. The number of carbonyl (C=O) groups is 2. The van der Waals surface area contributed by atoms with Crippen molar-refractivity contribution in [2.45, 2.75) is 26.1 Å². The molecule has 0 fully saturated rings. The molecule has 1 aliphatic rings. The van der Waals surface area contributed by atoms with Crippen LogP contribution in [0.4, 0.5) is 10.5 Å². The zero-order chi connectivity index (χ0) is 31.8. The molecule has 3 aromatic rings. The van der Waals surface area contributed by atoms with Crippen LogP contribution in [-0.2, 0) is 9.53 Å². The Morgan fingerprint density at radius 2 is 1.93 bits per heavy atom. The van der Waals surface area contributed by atoms with Crippen molar-refractivity contribution in [1.82, 2.24) is 16.1 Å². The number of amides is 2. The van der Waals surface area contributed by atoms with Gasteiger partial charge in [-0.2, -0.15) is 5.10 Å². The molecule has 15 heteroatoms. The molecule has 0 spiro atoms. The van der Waals surface area contributed by atoms with Crippen LogP contribution >= 0.6 is 0 Å². The minimum absolute atomic E-state index is 0.115. The predicted molar refractivity (Wildman–Crippen MR) is 156 cm³/mol. The third kappa shape index (κ3) is 7.25. The van der Waals surface area contributed by atoms with Gasteiger partial charge in [0.05, 0.1) is 49.1 Å². The first-order valence-electron chi connectivity index (χ1n) is 13.3. The van der Waals surface area contributed by atoms with E-state index in [-0.39, 0.29) is 17.9 Å². The van der Waals surface area contributed by atoms with Crippen LogP contribution in [0.2, 0.25) is 0 Å². The number of hydrogen-bond acceptors (Lipinski definition) is 12. The number of aliphatic hydroxyl groups excluding tert-OH is 1. The summed E-state index contributed by atoms with van der Waals surface area (Å²) >= 11 is 0. The predicted octanol–water partition coefficient (Wildman–Crippen LogP) is 3.38. The summed E-state index contributed by atoms with van der Waals surface area (Å²) in [5, 5.41) is 30.8. The largest absolute Gasteiger partial charge is 0.496 e. The van der Waals surface area contributed by atoms with Crippen molar-refractivity contribution in [3.05, 3.63) is 81.2 Å². The maximum Gasteiger partial charge on any atom is 0.337 e. The Morgan fingerprint density at radius 3 is 2.64 bits per heavy atom. The lowest BCUT2D eigenvalue weighted by Crippen LogP contribution is -2.45. The van der Waals surface area contributed by atoms with Crippen LogP contribution in [0.1, 0.15) is 31.2 Å². The van der Waals surface area contributed by atoms with Gasteiger partial charge in [-0.05, 0) is 49.7 Å². The molecule has 4 N–H and O–H groups in total. The average Bonchev–Trinajstić information content (AvgIpc) is 3.48. The number of hydrazone groups is 1. The number of aliphatic hydroxyl groups is 1. The summed E-state index contributed by atoms with van der Waals surface area (Å²) in [6.45, 7) is 3.47. The highest BCUT2D eigenvalue weighted by molar-refractivity contribution is 5.95. The molecule has 1 aliphatic heterocycles. The number of non-ortho nitro benzene ring substituents is 1. The molecule has 2 atom stereocenters. The van der Waals surface area contributed by atoms with Gasteiger partial charge in [-0.1, -0.05) is 6.07 Å². The number of nitro groups is 1. The first-order chi connectivity index (χ1) is 21.1. The lowest BCUT2D eigenvalue weighted by atomic mass is 9.95. The molecule has 44 heavy (non-hydrogen) atoms. The molecule has 0 saturated carbocycles. The van der Waals surface area contributed by atoms with Gasteiger partial charge in [0.25, 0.3) is 5.69 Å². The average molecular weight is 610 g/mol. The molecule has 232 valence electrons. The number of urea groups is 1. The summed E-state index contributed by atoms with van der Waals surface area (Å²) in [7, 11) is 2.70. The van der Waals surface area contributed by atoms with Crippen molar-refractivity contribution in [3.8, 4) is 28.6 Å². The Bertz CT molecular complexity index is 1600. The summed E-state index contributed by atoms with van der Waals surface area (Å²) in [5.41, 5.74) is 3.97. The Balaban J connectivity index is 1.41. The van der Waals surface area contributed by atoms with Gasteiger partial charge in [-0.25, -0.2) is 9.59 Å². The van der Waals surface area contributed by atoms with Crippen molar-refractivity contribution in [2.75, 3.05) is 27.4 Å². The highest BCUT2D eigenvalue weighted by Crippen LogP contribution is 2.36. The van der Waals surface area contributed by atoms with Crippen LogP contribution in [0.3, 0.4) is 0 Å². The first-order valence-corrected chi connectivity index (χ1v) is 13.3. The standard InChI is InChI=1S/C29H31N5O10/c1-5-42-24-12-17(27-26(28(36)41-4)16(2)31-29(37)32-27)6-9-23(24)43-15-25(35)33-30-14-19-8-11-22(44-19)20-13-18(34(38)39)7-10-21(20)40-3/h6-14,25,27,33,35H,5,15H2,1-4H3,(H2,31,32,37)/b30-14+/t25-,27+/m1/s1. The second-order valence-corrected chi connectivity index (χ2v) is 9.26. The highest BCUT2D eigenvalue weighted by Gasteiger charge is 2.32. The van der Waals surface area contributed by atoms with Crippen molar-refractivity contribution in [2.24, 2.45) is 5.10 Å². The van der Waals surface area contributed by atoms with Crippen molar-refractivity contribution in [1.29, 1.82) is 0 Å². The molecule has 0 unspecified atom stereocenters. The normalized spacial score (nSPS) is 15.3. The van der Waals surface area contributed by atoms with Gasteiger partial charge in [0.2, 0.25) is 0 Å². The van der Waals surface area contributed by atoms with Gasteiger partial charge in [0.1, 0.15) is 23.9 Å². The summed E-state index contributed by atoms with van der Waals surface area (Å²) in [6.07, 6.45) is 0.0884. The Kier molecular flexibility index (Phi) is 10.0. The summed E-state index contributed by atoms with van der Waals surface area (Å²) in [5.74, 6) is 1.08. The van der Waals surface area contributed by atoms with E-state index in [4.69, 9.17) is 23.4 Å². The number of furan rings is 1. The van der Waals surface area contributed by atoms with Gasteiger partial charge in [0, 0.05) is 17.8 Å². The number of rotatable bonds is 13. The van der Waals surface area contributed by atoms with Crippen LogP contribution < -0.4 is 30.3 Å². The highest BCUT2D eigenvalue weighted by atomic mass is 16.6. The van der Waals surface area contributed by atoms with Crippen LogP contribution in [0.25, 0.3) is 11.3 Å². The van der Waals surface area contributed by atoms with Crippen molar-refractivity contribution < 1.29 is 43.0 Å². The quantitative estimate of drug-likeness (QED) is 0.0729. The third-order valence-electron chi connectivity index (χ3n) is 6.37. The smallest absolute Gasteiger partial charge is 0.337 e. The second-order valence-electron chi connectivity index (χ2n) is 9.26. The van der Waals surface area contributed by atoms with E-state index >= 15 is 0 Å². The van der Waals surface area contributed by atoms with E-state index in [0.29, 0.717) is 52.2 Å². The molecule has 1 aromatic heterocycles. The van der Waals surface area contributed by atoms with E-state index in [1.807, 2.05) is 0 Å². The Hall–Kier alpha value is -5.57. The van der Waals surface area contributed by atoms with Gasteiger partial charge >= 0.3 is 12.0 Å². The van der Waals surface area contributed by atoms with E-state index in [9.17, 15) is 24.8 Å². The number of nitrogens with zero attached hydrogens (tertiary/aromatic N) is 2. The third-order valence-corrected chi connectivity index (χ3v) is 6.37. The number of methoxy groups -OCH3 is 2.